The van der Waals surface area contributed by atoms with Gasteiger partial charge in [-0.05, 0) is 30.5 Å². The molecule has 0 bridgehead atoms. The van der Waals surface area contributed by atoms with Gasteiger partial charge in [-0.25, -0.2) is 0 Å². The molecule has 2 rings (SSSR count). The molecule has 2 atom stereocenters. The van der Waals surface area contributed by atoms with Crippen molar-refractivity contribution in [1.29, 1.82) is 0 Å². The van der Waals surface area contributed by atoms with E-state index in [0.717, 1.165) is 11.3 Å². The first-order chi connectivity index (χ1) is 8.99. The Morgan fingerprint density at radius 2 is 1.95 bits per heavy atom. The third-order valence-electron chi connectivity index (χ3n) is 3.28. The van der Waals surface area contributed by atoms with Crippen molar-refractivity contribution in [2.45, 2.75) is 32.9 Å². The third-order valence-corrected chi connectivity index (χ3v) is 3.28. The molecule has 104 valence electrons. The van der Waals surface area contributed by atoms with Gasteiger partial charge in [0.15, 0.2) is 11.5 Å². The summed E-state index contributed by atoms with van der Waals surface area (Å²) < 4.78 is 10.6. The van der Waals surface area contributed by atoms with Gasteiger partial charge in [-0.15, -0.1) is 0 Å². The number of amides is 1. The molecule has 1 heterocycles. The van der Waals surface area contributed by atoms with E-state index in [9.17, 15) is 4.79 Å². The topological polar surface area (TPSA) is 73.6 Å². The van der Waals surface area contributed by atoms with Crippen LogP contribution in [0.1, 0.15) is 32.4 Å². The van der Waals surface area contributed by atoms with Crippen molar-refractivity contribution in [3.63, 3.8) is 0 Å². The Bertz CT molecular complexity index is 474. The quantitative estimate of drug-likeness (QED) is 0.866. The van der Waals surface area contributed by atoms with Gasteiger partial charge < -0.3 is 20.5 Å². The lowest BCUT2D eigenvalue weighted by molar-refractivity contribution is -0.123. The second kappa shape index (κ2) is 5.48. The zero-order chi connectivity index (χ0) is 14.0. The zero-order valence-corrected chi connectivity index (χ0v) is 11.5. The number of hydrogen-bond donors (Lipinski definition) is 2. The predicted octanol–water partition coefficient (Wildman–Crippen LogP) is 1.58. The molecular weight excluding hydrogens is 244 g/mol. The maximum Gasteiger partial charge on any atom is 0.237 e. The summed E-state index contributed by atoms with van der Waals surface area (Å²) in [6.07, 6.45) is 0. The first kappa shape index (κ1) is 13.7. The van der Waals surface area contributed by atoms with Crippen molar-refractivity contribution in [2.24, 2.45) is 11.7 Å². The van der Waals surface area contributed by atoms with Gasteiger partial charge in [0.2, 0.25) is 12.7 Å². The molecule has 3 N–H and O–H groups in total. The van der Waals surface area contributed by atoms with Crippen LogP contribution in [0, 0.1) is 5.92 Å². The van der Waals surface area contributed by atoms with E-state index in [1.807, 2.05) is 39.0 Å². The molecule has 0 saturated heterocycles. The molecule has 5 heteroatoms. The molecule has 1 amide bonds. The molecule has 1 aliphatic heterocycles. The summed E-state index contributed by atoms with van der Waals surface area (Å²) in [7, 11) is 0. The molecule has 19 heavy (non-hydrogen) atoms. The number of rotatable bonds is 4. The predicted molar refractivity (Wildman–Crippen MR) is 71.9 cm³/mol. The normalized spacial score (nSPS) is 16.3. The summed E-state index contributed by atoms with van der Waals surface area (Å²) in [5.74, 6) is 1.43. The van der Waals surface area contributed by atoms with Crippen LogP contribution in [0.5, 0.6) is 11.5 Å². The summed E-state index contributed by atoms with van der Waals surface area (Å²) in [5.41, 5.74) is 6.79. The summed E-state index contributed by atoms with van der Waals surface area (Å²) in [4.78, 5) is 11.9. The lowest BCUT2D eigenvalue weighted by Crippen LogP contribution is -2.44. The number of carbonyl (C=O) groups excluding carboxylic acids is 1. The second-order valence-electron chi connectivity index (χ2n) is 5.11. The molecule has 0 saturated carbocycles. The van der Waals surface area contributed by atoms with Gasteiger partial charge in [0.1, 0.15) is 0 Å². The van der Waals surface area contributed by atoms with Crippen LogP contribution >= 0.6 is 0 Å². The van der Waals surface area contributed by atoms with E-state index in [4.69, 9.17) is 15.2 Å². The van der Waals surface area contributed by atoms with Crippen LogP contribution in [-0.2, 0) is 4.79 Å². The number of nitrogens with one attached hydrogen (secondary N) is 1. The summed E-state index contributed by atoms with van der Waals surface area (Å²) in [6, 6.07) is 5.04. The second-order valence-corrected chi connectivity index (χ2v) is 5.11. The summed E-state index contributed by atoms with van der Waals surface area (Å²) in [5, 5.41) is 2.91. The van der Waals surface area contributed by atoms with Gasteiger partial charge in [0.25, 0.3) is 0 Å². The fourth-order valence-corrected chi connectivity index (χ4v) is 1.88. The Kier molecular flexibility index (Phi) is 3.95. The highest BCUT2D eigenvalue weighted by molar-refractivity contribution is 5.82. The lowest BCUT2D eigenvalue weighted by Gasteiger charge is -2.20. The van der Waals surface area contributed by atoms with E-state index in [-0.39, 0.29) is 24.7 Å². The molecule has 0 aliphatic carbocycles. The van der Waals surface area contributed by atoms with Gasteiger partial charge in [-0.3, -0.25) is 4.79 Å². The van der Waals surface area contributed by atoms with Crippen LogP contribution in [0.3, 0.4) is 0 Å². The Morgan fingerprint density at radius 3 is 2.63 bits per heavy atom. The van der Waals surface area contributed by atoms with E-state index in [2.05, 4.69) is 5.32 Å². The highest BCUT2D eigenvalue weighted by Crippen LogP contribution is 2.34. The molecule has 1 aliphatic rings. The van der Waals surface area contributed by atoms with Crippen molar-refractivity contribution >= 4 is 5.91 Å². The molecule has 0 radical (unpaired) electrons. The van der Waals surface area contributed by atoms with Crippen LogP contribution in [0.2, 0.25) is 0 Å². The van der Waals surface area contributed by atoms with E-state index in [0.29, 0.717) is 5.75 Å². The average molecular weight is 264 g/mol. The van der Waals surface area contributed by atoms with Gasteiger partial charge in [0.05, 0.1) is 12.1 Å². The van der Waals surface area contributed by atoms with E-state index < -0.39 is 6.04 Å². The highest BCUT2D eigenvalue weighted by atomic mass is 16.7. The molecule has 1 unspecified atom stereocenters. The van der Waals surface area contributed by atoms with Gasteiger partial charge in [-0.1, -0.05) is 19.9 Å². The van der Waals surface area contributed by atoms with E-state index >= 15 is 0 Å². The zero-order valence-electron chi connectivity index (χ0n) is 11.5. The molecule has 0 fully saturated rings. The van der Waals surface area contributed by atoms with Crippen LogP contribution < -0.4 is 20.5 Å². The number of fused-ring (bicyclic) bond motifs is 1. The minimum Gasteiger partial charge on any atom is -0.454 e. The molecule has 1 aromatic carbocycles. The molecule has 0 aromatic heterocycles. The van der Waals surface area contributed by atoms with Gasteiger partial charge in [-0.2, -0.15) is 0 Å². The number of hydrogen-bond acceptors (Lipinski definition) is 4. The number of benzene rings is 1. The van der Waals surface area contributed by atoms with Gasteiger partial charge >= 0.3 is 0 Å². The third kappa shape index (κ3) is 2.98. The van der Waals surface area contributed by atoms with E-state index in [1.54, 1.807) is 0 Å². The maximum atomic E-state index is 11.9. The van der Waals surface area contributed by atoms with E-state index in [1.165, 1.54) is 0 Å². The number of carbonyl (C=O) groups is 1. The van der Waals surface area contributed by atoms with Crippen LogP contribution in [-0.4, -0.2) is 18.7 Å². The van der Waals surface area contributed by atoms with Crippen LogP contribution in [0.4, 0.5) is 0 Å². The maximum absolute atomic E-state index is 11.9. The minimum atomic E-state index is -0.489. The number of ether oxygens (including phenoxy) is 2. The van der Waals surface area contributed by atoms with Crippen molar-refractivity contribution < 1.29 is 14.3 Å². The molecule has 0 spiro atoms. The first-order valence-electron chi connectivity index (χ1n) is 6.44. The monoisotopic (exact) mass is 264 g/mol. The first-order valence-corrected chi connectivity index (χ1v) is 6.44. The SMILES string of the molecule is CC(NC(=O)[C@@H](N)C(C)C)c1ccc2c(c1)OCO2. The summed E-state index contributed by atoms with van der Waals surface area (Å²) in [6.45, 7) is 6.02. The molecule has 1 aromatic rings. The van der Waals surface area contributed by atoms with Gasteiger partial charge in [0, 0.05) is 0 Å². The smallest absolute Gasteiger partial charge is 0.237 e. The Morgan fingerprint density at radius 1 is 1.26 bits per heavy atom. The van der Waals surface area contributed by atoms with Crippen molar-refractivity contribution in [2.75, 3.05) is 6.79 Å². The van der Waals surface area contributed by atoms with Crippen molar-refractivity contribution in [1.82, 2.24) is 5.32 Å². The number of nitrogens with two attached hydrogens (primary N) is 1. The highest BCUT2D eigenvalue weighted by Gasteiger charge is 2.21. The fraction of sp³-hybridized carbons (Fsp3) is 0.500. The minimum absolute atomic E-state index is 0.115. The average Bonchev–Trinajstić information content (AvgIpc) is 2.84. The molecular formula is C14H20N2O3. The Hall–Kier alpha value is -1.75. The molecule has 5 nitrogen and oxygen atoms in total. The standard InChI is InChI=1S/C14H20N2O3/c1-8(2)13(15)14(17)16-9(3)10-4-5-11-12(6-10)19-7-18-11/h4-6,8-9,13H,7,15H2,1-3H3,(H,16,17)/t9?,13-/m0/s1. The fourth-order valence-electron chi connectivity index (χ4n) is 1.88. The Labute approximate surface area is 113 Å². The van der Waals surface area contributed by atoms with Crippen molar-refractivity contribution in [3.8, 4) is 11.5 Å². The summed E-state index contributed by atoms with van der Waals surface area (Å²) >= 11 is 0. The Balaban J connectivity index is 2.04. The van der Waals surface area contributed by atoms with Crippen LogP contribution in [0.25, 0.3) is 0 Å². The lowest BCUT2D eigenvalue weighted by atomic mass is 10.0. The largest absolute Gasteiger partial charge is 0.454 e. The van der Waals surface area contributed by atoms with Crippen LogP contribution in [0.15, 0.2) is 18.2 Å². The van der Waals surface area contributed by atoms with Crippen molar-refractivity contribution in [3.05, 3.63) is 23.8 Å².